The van der Waals surface area contributed by atoms with E-state index >= 15 is 0 Å². The number of rotatable bonds is 9. The molecule has 0 aliphatic heterocycles. The number of nitrogens with two attached hydrogens (primary N) is 1. The van der Waals surface area contributed by atoms with Crippen LogP contribution in [0.3, 0.4) is 0 Å². The van der Waals surface area contributed by atoms with Gasteiger partial charge >= 0.3 is 6.09 Å². The topological polar surface area (TPSA) is 111 Å². The third kappa shape index (κ3) is 7.51. The molecular formula is C22H26BrN3O4. The number of hydrogen-bond donors (Lipinski definition) is 3. The van der Waals surface area contributed by atoms with Gasteiger partial charge in [-0.15, -0.1) is 0 Å². The third-order valence-electron chi connectivity index (χ3n) is 4.42. The van der Waals surface area contributed by atoms with Crippen LogP contribution in [0.5, 0.6) is 0 Å². The summed E-state index contributed by atoms with van der Waals surface area (Å²) >= 11 is 3.38. The molecule has 2 aromatic rings. The molecule has 7 nitrogen and oxygen atoms in total. The van der Waals surface area contributed by atoms with E-state index in [0.717, 1.165) is 15.6 Å². The quantitative estimate of drug-likeness (QED) is 0.517. The maximum absolute atomic E-state index is 12.8. The fraction of sp³-hybridized carbons (Fsp3) is 0.318. The van der Waals surface area contributed by atoms with E-state index in [1.54, 1.807) is 13.8 Å². The highest BCUT2D eigenvalue weighted by atomic mass is 79.9. The van der Waals surface area contributed by atoms with Gasteiger partial charge in [0.1, 0.15) is 18.7 Å². The van der Waals surface area contributed by atoms with Crippen LogP contribution >= 0.6 is 15.9 Å². The number of amides is 3. The number of ether oxygens (including phenoxy) is 1. The number of halogens is 1. The van der Waals surface area contributed by atoms with Crippen LogP contribution in [0, 0.1) is 5.92 Å². The van der Waals surface area contributed by atoms with Gasteiger partial charge in [-0.3, -0.25) is 9.59 Å². The van der Waals surface area contributed by atoms with Crippen molar-refractivity contribution in [3.63, 3.8) is 0 Å². The summed E-state index contributed by atoms with van der Waals surface area (Å²) in [5, 5.41) is 5.22. The Kier molecular flexibility index (Phi) is 8.86. The Morgan fingerprint density at radius 2 is 1.67 bits per heavy atom. The molecule has 160 valence electrons. The van der Waals surface area contributed by atoms with Gasteiger partial charge in [-0.1, -0.05) is 72.2 Å². The highest BCUT2D eigenvalue weighted by molar-refractivity contribution is 9.10. The van der Waals surface area contributed by atoms with Crippen molar-refractivity contribution in [1.29, 1.82) is 0 Å². The van der Waals surface area contributed by atoms with E-state index < -0.39 is 30.0 Å². The molecule has 8 heteroatoms. The van der Waals surface area contributed by atoms with Crippen molar-refractivity contribution in [2.24, 2.45) is 11.7 Å². The van der Waals surface area contributed by atoms with Gasteiger partial charge in [0.2, 0.25) is 11.8 Å². The maximum Gasteiger partial charge on any atom is 0.408 e. The number of hydrogen-bond acceptors (Lipinski definition) is 4. The van der Waals surface area contributed by atoms with Crippen LogP contribution in [0.25, 0.3) is 0 Å². The van der Waals surface area contributed by atoms with Gasteiger partial charge in [0.25, 0.3) is 0 Å². The summed E-state index contributed by atoms with van der Waals surface area (Å²) < 4.78 is 6.05. The van der Waals surface area contributed by atoms with Gasteiger partial charge < -0.3 is 21.1 Å². The average molecular weight is 476 g/mol. The Hall–Kier alpha value is -2.87. The first-order valence-electron chi connectivity index (χ1n) is 9.57. The second-order valence-electron chi connectivity index (χ2n) is 7.23. The number of primary amides is 1. The first-order valence-corrected chi connectivity index (χ1v) is 10.4. The molecule has 2 atom stereocenters. The van der Waals surface area contributed by atoms with E-state index in [-0.39, 0.29) is 18.9 Å². The maximum atomic E-state index is 12.8. The van der Waals surface area contributed by atoms with Crippen LogP contribution < -0.4 is 16.4 Å². The lowest BCUT2D eigenvalue weighted by atomic mass is 10.0. The van der Waals surface area contributed by atoms with Gasteiger partial charge in [0.05, 0.1) is 0 Å². The number of benzene rings is 2. The zero-order chi connectivity index (χ0) is 22.1. The van der Waals surface area contributed by atoms with Crippen LogP contribution in [-0.4, -0.2) is 30.0 Å². The molecule has 3 amide bonds. The first kappa shape index (κ1) is 23.4. The lowest BCUT2D eigenvalue weighted by molar-refractivity contribution is -0.129. The second-order valence-corrected chi connectivity index (χ2v) is 8.14. The second kappa shape index (κ2) is 11.3. The Bertz CT molecular complexity index is 874. The Balaban J connectivity index is 1.98. The third-order valence-corrected chi connectivity index (χ3v) is 4.92. The van der Waals surface area contributed by atoms with Crippen molar-refractivity contribution in [3.8, 4) is 0 Å². The predicted octanol–water partition coefficient (Wildman–Crippen LogP) is 2.91. The standard InChI is InChI=1S/C22H26BrN3O4/c1-14(2)19(26-22(29)30-13-15-7-4-3-5-8-15)21(28)25-18(20(24)27)12-16-9-6-10-17(23)11-16/h3-11,14,18-19H,12-13H2,1-2H3,(H2,24,27)(H,25,28)(H,26,29)/t18-,19+/m1/s1. The van der Waals surface area contributed by atoms with Gasteiger partial charge in [0, 0.05) is 10.9 Å². The van der Waals surface area contributed by atoms with E-state index in [2.05, 4.69) is 26.6 Å². The van der Waals surface area contributed by atoms with E-state index in [0.29, 0.717) is 0 Å². The summed E-state index contributed by atoms with van der Waals surface area (Å²) in [6.07, 6.45) is -0.473. The number of carbonyl (C=O) groups is 3. The van der Waals surface area contributed by atoms with Crippen molar-refractivity contribution in [2.45, 2.75) is 39.0 Å². The number of nitrogens with one attached hydrogen (secondary N) is 2. The molecule has 0 radical (unpaired) electrons. The molecule has 4 N–H and O–H groups in total. The predicted molar refractivity (Wildman–Crippen MR) is 117 cm³/mol. The molecule has 0 bridgehead atoms. The minimum atomic E-state index is -0.907. The highest BCUT2D eigenvalue weighted by Gasteiger charge is 2.28. The molecule has 0 fully saturated rings. The smallest absolute Gasteiger partial charge is 0.408 e. The number of alkyl carbamates (subject to hydrolysis) is 1. The van der Waals surface area contributed by atoms with Crippen molar-refractivity contribution in [2.75, 3.05) is 0 Å². The summed E-state index contributed by atoms with van der Waals surface area (Å²) in [4.78, 5) is 36.8. The summed E-state index contributed by atoms with van der Waals surface area (Å²) in [6.45, 7) is 3.66. The van der Waals surface area contributed by atoms with Gasteiger partial charge in [0.15, 0.2) is 0 Å². The van der Waals surface area contributed by atoms with Gasteiger partial charge in [-0.05, 0) is 29.2 Å². The fourth-order valence-corrected chi connectivity index (χ4v) is 3.26. The molecule has 0 heterocycles. The molecule has 0 saturated heterocycles. The molecule has 0 aliphatic rings. The van der Waals surface area contributed by atoms with E-state index in [4.69, 9.17) is 10.5 Å². The minimum Gasteiger partial charge on any atom is -0.445 e. The van der Waals surface area contributed by atoms with Gasteiger partial charge in [-0.2, -0.15) is 0 Å². The van der Waals surface area contributed by atoms with Crippen LogP contribution in [0.4, 0.5) is 4.79 Å². The minimum absolute atomic E-state index is 0.0892. The lowest BCUT2D eigenvalue weighted by Gasteiger charge is -2.24. The first-order chi connectivity index (χ1) is 14.3. The monoisotopic (exact) mass is 475 g/mol. The van der Waals surface area contributed by atoms with Crippen LogP contribution in [0.2, 0.25) is 0 Å². The summed E-state index contributed by atoms with van der Waals surface area (Å²) in [6, 6.07) is 14.8. The van der Waals surface area contributed by atoms with Crippen molar-refractivity contribution >= 4 is 33.8 Å². The Labute approximate surface area is 184 Å². The molecule has 0 saturated carbocycles. The fourth-order valence-electron chi connectivity index (χ4n) is 2.81. The van der Waals surface area contributed by atoms with Crippen molar-refractivity contribution in [1.82, 2.24) is 10.6 Å². The summed E-state index contributed by atoms with van der Waals surface area (Å²) in [7, 11) is 0. The summed E-state index contributed by atoms with van der Waals surface area (Å²) in [5.41, 5.74) is 7.16. The van der Waals surface area contributed by atoms with E-state index in [1.807, 2.05) is 54.6 Å². The molecule has 0 aliphatic carbocycles. The molecule has 30 heavy (non-hydrogen) atoms. The molecule has 0 aromatic heterocycles. The molecule has 0 unspecified atom stereocenters. The van der Waals surface area contributed by atoms with E-state index in [9.17, 15) is 14.4 Å². The number of carbonyl (C=O) groups excluding carboxylic acids is 3. The lowest BCUT2D eigenvalue weighted by Crippen LogP contribution is -2.55. The average Bonchev–Trinajstić information content (AvgIpc) is 2.70. The Morgan fingerprint density at radius 1 is 1.00 bits per heavy atom. The van der Waals surface area contributed by atoms with Crippen molar-refractivity contribution in [3.05, 3.63) is 70.2 Å². The van der Waals surface area contributed by atoms with Crippen LogP contribution in [0.15, 0.2) is 59.1 Å². The zero-order valence-corrected chi connectivity index (χ0v) is 18.5. The largest absolute Gasteiger partial charge is 0.445 e. The molecule has 2 aromatic carbocycles. The zero-order valence-electron chi connectivity index (χ0n) is 16.9. The molecule has 2 rings (SSSR count). The van der Waals surface area contributed by atoms with Crippen LogP contribution in [0.1, 0.15) is 25.0 Å². The Morgan fingerprint density at radius 3 is 2.27 bits per heavy atom. The highest BCUT2D eigenvalue weighted by Crippen LogP contribution is 2.13. The summed E-state index contributed by atoms with van der Waals surface area (Å²) in [5.74, 6) is -1.38. The van der Waals surface area contributed by atoms with Crippen molar-refractivity contribution < 1.29 is 19.1 Å². The molecule has 0 spiro atoms. The normalized spacial score (nSPS) is 12.7. The molecular weight excluding hydrogens is 450 g/mol. The van der Waals surface area contributed by atoms with E-state index in [1.165, 1.54) is 0 Å². The van der Waals surface area contributed by atoms with Gasteiger partial charge in [-0.25, -0.2) is 4.79 Å². The SMILES string of the molecule is CC(C)[C@H](NC(=O)OCc1ccccc1)C(=O)N[C@H](Cc1cccc(Br)c1)C(N)=O. The van der Waals surface area contributed by atoms with Crippen LogP contribution in [-0.2, 0) is 27.4 Å².